The van der Waals surface area contributed by atoms with Gasteiger partial charge in [-0.1, -0.05) is 86.7 Å². The van der Waals surface area contributed by atoms with Gasteiger partial charge in [-0.15, -0.1) is 0 Å². The van der Waals surface area contributed by atoms with Crippen LogP contribution in [0, 0.1) is 11.8 Å². The van der Waals surface area contributed by atoms with Crippen molar-refractivity contribution in [2.75, 3.05) is 7.05 Å². The Hall–Kier alpha value is -2.39. The lowest BCUT2D eigenvalue weighted by Gasteiger charge is -2.32. The fraction of sp³-hybridized carbons (Fsp3) is 0.423. The van der Waals surface area contributed by atoms with Gasteiger partial charge >= 0.3 is 0 Å². The van der Waals surface area contributed by atoms with Crippen LogP contribution in [0.3, 0.4) is 0 Å². The summed E-state index contributed by atoms with van der Waals surface area (Å²) in [5.74, 6) is 0.542. The predicted molar refractivity (Wildman–Crippen MR) is 120 cm³/mol. The summed E-state index contributed by atoms with van der Waals surface area (Å²) in [4.78, 5) is 15.0. The van der Waals surface area contributed by atoms with Gasteiger partial charge in [0.2, 0.25) is 5.91 Å². The standard InChI is InChI=1S/C26H35NO2/c1-20(2)13-11-12-18-24(19-22-14-7-5-8-15-22)26(29)27(4)21(3)25(28)23-16-9-6-10-17-23/h5-12,14-17,20-21,24-25,28H,13,18-19H2,1-4H3/b12-11+/t21-,24+,25+/m1/s1. The highest BCUT2D eigenvalue weighted by Gasteiger charge is 2.28. The van der Waals surface area contributed by atoms with E-state index in [1.165, 1.54) is 0 Å². The fourth-order valence-electron chi connectivity index (χ4n) is 3.43. The average Bonchev–Trinajstić information content (AvgIpc) is 2.75. The lowest BCUT2D eigenvalue weighted by Crippen LogP contribution is -2.42. The van der Waals surface area contributed by atoms with Crippen molar-refractivity contribution in [3.63, 3.8) is 0 Å². The minimum Gasteiger partial charge on any atom is -0.386 e. The SMILES string of the molecule is CC(C)C/C=C/C[C@@H](Cc1ccccc1)C(=O)N(C)[C@H](C)[C@H](O)c1ccccc1. The molecule has 0 heterocycles. The number of carbonyl (C=O) groups excluding carboxylic acids is 1. The molecule has 1 N–H and O–H groups in total. The van der Waals surface area contributed by atoms with Gasteiger partial charge in [0.25, 0.3) is 0 Å². The predicted octanol–water partition coefficient (Wildman–Crippen LogP) is 5.42. The molecule has 2 aromatic carbocycles. The Labute approximate surface area is 176 Å². The van der Waals surface area contributed by atoms with Crippen LogP contribution in [-0.4, -0.2) is 29.0 Å². The van der Waals surface area contributed by atoms with Crippen molar-refractivity contribution in [3.8, 4) is 0 Å². The van der Waals surface area contributed by atoms with Crippen LogP contribution in [0.4, 0.5) is 0 Å². The van der Waals surface area contributed by atoms with E-state index in [9.17, 15) is 9.90 Å². The summed E-state index contributed by atoms with van der Waals surface area (Å²) in [6.45, 7) is 6.29. The normalized spacial score (nSPS) is 14.7. The van der Waals surface area contributed by atoms with Gasteiger partial charge < -0.3 is 10.0 Å². The van der Waals surface area contributed by atoms with Gasteiger partial charge in [-0.3, -0.25) is 4.79 Å². The number of benzene rings is 2. The van der Waals surface area contributed by atoms with Crippen LogP contribution in [0.2, 0.25) is 0 Å². The molecule has 3 nitrogen and oxygen atoms in total. The second kappa shape index (κ2) is 11.6. The van der Waals surface area contributed by atoms with Crippen molar-refractivity contribution in [2.45, 2.75) is 52.2 Å². The Morgan fingerprint density at radius 2 is 1.48 bits per heavy atom. The van der Waals surface area contributed by atoms with E-state index in [1.807, 2.05) is 55.5 Å². The second-order valence-electron chi connectivity index (χ2n) is 8.27. The van der Waals surface area contributed by atoms with Crippen LogP contribution >= 0.6 is 0 Å². The summed E-state index contributed by atoms with van der Waals surface area (Å²) >= 11 is 0. The summed E-state index contributed by atoms with van der Waals surface area (Å²) in [6, 6.07) is 19.4. The molecule has 0 aliphatic heterocycles. The first-order valence-corrected chi connectivity index (χ1v) is 10.6. The Morgan fingerprint density at radius 1 is 0.931 bits per heavy atom. The van der Waals surface area contributed by atoms with Gasteiger partial charge in [0, 0.05) is 13.0 Å². The smallest absolute Gasteiger partial charge is 0.226 e. The maximum atomic E-state index is 13.3. The molecule has 0 aliphatic rings. The van der Waals surface area contributed by atoms with E-state index in [2.05, 4.69) is 38.1 Å². The number of hydrogen-bond donors (Lipinski definition) is 1. The van der Waals surface area contributed by atoms with Crippen LogP contribution in [0.5, 0.6) is 0 Å². The molecule has 156 valence electrons. The van der Waals surface area contributed by atoms with Crippen LogP contribution in [-0.2, 0) is 11.2 Å². The van der Waals surface area contributed by atoms with E-state index < -0.39 is 6.10 Å². The number of aliphatic hydroxyl groups is 1. The summed E-state index contributed by atoms with van der Waals surface area (Å²) in [6.07, 6.45) is 6.03. The zero-order chi connectivity index (χ0) is 21.2. The van der Waals surface area contributed by atoms with Crippen molar-refractivity contribution in [1.29, 1.82) is 0 Å². The lowest BCUT2D eigenvalue weighted by molar-refractivity contribution is -0.138. The molecule has 0 aliphatic carbocycles. The van der Waals surface area contributed by atoms with Gasteiger partial charge in [0.15, 0.2) is 0 Å². The third-order valence-corrected chi connectivity index (χ3v) is 5.43. The maximum absolute atomic E-state index is 13.3. The first-order chi connectivity index (χ1) is 13.9. The molecule has 0 bridgehead atoms. The number of likely N-dealkylation sites (N-methyl/N-ethyl adjacent to an activating group) is 1. The van der Waals surface area contributed by atoms with Gasteiger partial charge in [-0.25, -0.2) is 0 Å². The molecular weight excluding hydrogens is 358 g/mol. The van der Waals surface area contributed by atoms with E-state index in [0.29, 0.717) is 18.8 Å². The number of rotatable bonds is 10. The molecule has 2 rings (SSSR count). The molecule has 0 spiro atoms. The minimum atomic E-state index is -0.709. The number of allylic oxidation sites excluding steroid dienone is 2. The van der Waals surface area contributed by atoms with E-state index in [4.69, 9.17) is 0 Å². The monoisotopic (exact) mass is 393 g/mol. The minimum absolute atomic E-state index is 0.0746. The summed E-state index contributed by atoms with van der Waals surface area (Å²) < 4.78 is 0. The molecule has 29 heavy (non-hydrogen) atoms. The Morgan fingerprint density at radius 3 is 2.07 bits per heavy atom. The molecule has 0 unspecified atom stereocenters. The van der Waals surface area contributed by atoms with Crippen molar-refractivity contribution in [1.82, 2.24) is 4.90 Å². The van der Waals surface area contributed by atoms with E-state index in [-0.39, 0.29) is 17.9 Å². The molecule has 1 amide bonds. The van der Waals surface area contributed by atoms with Gasteiger partial charge in [0.1, 0.15) is 0 Å². The highest BCUT2D eigenvalue weighted by Crippen LogP contribution is 2.23. The molecule has 0 fully saturated rings. The Bertz CT molecular complexity index is 755. The van der Waals surface area contributed by atoms with Crippen molar-refractivity contribution < 1.29 is 9.90 Å². The molecule has 3 heteroatoms. The largest absolute Gasteiger partial charge is 0.386 e. The lowest BCUT2D eigenvalue weighted by atomic mass is 9.93. The number of nitrogens with zero attached hydrogens (tertiary/aromatic N) is 1. The van der Waals surface area contributed by atoms with Gasteiger partial charge in [-0.05, 0) is 43.2 Å². The molecule has 0 radical (unpaired) electrons. The van der Waals surface area contributed by atoms with Crippen LogP contribution < -0.4 is 0 Å². The van der Waals surface area contributed by atoms with Crippen molar-refractivity contribution in [3.05, 3.63) is 83.9 Å². The number of amides is 1. The maximum Gasteiger partial charge on any atom is 0.226 e. The Kier molecular flexibility index (Phi) is 9.14. The number of hydrogen-bond acceptors (Lipinski definition) is 2. The average molecular weight is 394 g/mol. The molecule has 0 aromatic heterocycles. The molecule has 2 aromatic rings. The fourth-order valence-corrected chi connectivity index (χ4v) is 3.43. The summed E-state index contributed by atoms with van der Waals surface area (Å²) in [5.41, 5.74) is 1.99. The van der Waals surface area contributed by atoms with E-state index in [1.54, 1.807) is 11.9 Å². The second-order valence-corrected chi connectivity index (χ2v) is 8.27. The Balaban J connectivity index is 2.12. The van der Waals surface area contributed by atoms with Crippen LogP contribution in [0.25, 0.3) is 0 Å². The quantitative estimate of drug-likeness (QED) is 0.548. The van der Waals surface area contributed by atoms with Gasteiger partial charge in [0.05, 0.1) is 12.1 Å². The topological polar surface area (TPSA) is 40.5 Å². The molecular formula is C26H35NO2. The first kappa shape index (κ1) is 22.9. The van der Waals surface area contributed by atoms with Crippen molar-refractivity contribution in [2.24, 2.45) is 11.8 Å². The van der Waals surface area contributed by atoms with Crippen LogP contribution in [0.15, 0.2) is 72.8 Å². The zero-order valence-electron chi connectivity index (χ0n) is 18.2. The summed E-state index contributed by atoms with van der Waals surface area (Å²) in [5, 5.41) is 10.7. The zero-order valence-corrected chi connectivity index (χ0v) is 18.2. The number of aliphatic hydroxyl groups excluding tert-OH is 1. The van der Waals surface area contributed by atoms with E-state index in [0.717, 1.165) is 17.5 Å². The highest BCUT2D eigenvalue weighted by atomic mass is 16.3. The first-order valence-electron chi connectivity index (χ1n) is 10.6. The molecule has 0 saturated carbocycles. The highest BCUT2D eigenvalue weighted by molar-refractivity contribution is 5.79. The molecule has 3 atom stereocenters. The van der Waals surface area contributed by atoms with Gasteiger partial charge in [-0.2, -0.15) is 0 Å². The third kappa shape index (κ3) is 7.17. The molecule has 0 saturated heterocycles. The van der Waals surface area contributed by atoms with E-state index >= 15 is 0 Å². The van der Waals surface area contributed by atoms with Crippen LogP contribution in [0.1, 0.15) is 50.8 Å². The third-order valence-electron chi connectivity index (χ3n) is 5.43. The van der Waals surface area contributed by atoms with Crippen molar-refractivity contribution >= 4 is 5.91 Å². The number of carbonyl (C=O) groups is 1. The summed E-state index contributed by atoms with van der Waals surface area (Å²) in [7, 11) is 1.80.